The van der Waals surface area contributed by atoms with E-state index in [1.54, 1.807) is 24.3 Å². The molecule has 148 valence electrons. The average Bonchev–Trinajstić information content (AvgIpc) is 2.74. The van der Waals surface area contributed by atoms with E-state index in [1.807, 2.05) is 0 Å². The van der Waals surface area contributed by atoms with Crippen LogP contribution in [0.15, 0.2) is 40.1 Å². The lowest BCUT2D eigenvalue weighted by Gasteiger charge is -2.18. The Labute approximate surface area is 165 Å². The third kappa shape index (κ3) is 3.06. The molecule has 8 heteroatoms. The number of rotatable bonds is 4. The summed E-state index contributed by atoms with van der Waals surface area (Å²) in [7, 11) is 3.02. The number of Topliss-reactive ketones (excluding diaryl/α,β-unsaturated/α-hetero) is 2. The Morgan fingerprint density at radius 1 is 1.14 bits per heavy atom. The molecule has 0 aliphatic heterocycles. The van der Waals surface area contributed by atoms with Crippen LogP contribution in [-0.2, 0) is 20.0 Å². The summed E-state index contributed by atoms with van der Waals surface area (Å²) in [6, 6.07) is 6.44. The lowest BCUT2D eigenvalue weighted by Crippen LogP contribution is -2.41. The van der Waals surface area contributed by atoms with Gasteiger partial charge in [0.2, 0.25) is 0 Å². The zero-order valence-electron chi connectivity index (χ0n) is 16.1. The normalized spacial score (nSPS) is 13.4. The zero-order valence-corrected chi connectivity index (χ0v) is 16.1. The molecule has 0 radical (unpaired) electrons. The van der Waals surface area contributed by atoms with Crippen LogP contribution in [0.25, 0.3) is 11.0 Å². The van der Waals surface area contributed by atoms with Gasteiger partial charge in [0.15, 0.2) is 11.6 Å². The molecule has 1 aliphatic carbocycles. The molecule has 0 saturated heterocycles. The number of pyridine rings is 1. The van der Waals surface area contributed by atoms with Crippen molar-refractivity contribution >= 4 is 22.6 Å². The molecule has 0 N–H and O–H groups in total. The minimum atomic E-state index is -0.626. The molecule has 29 heavy (non-hydrogen) atoms. The lowest BCUT2D eigenvalue weighted by molar-refractivity contribution is 0.0961. The highest BCUT2D eigenvalue weighted by molar-refractivity contribution is 6.02. The van der Waals surface area contributed by atoms with E-state index in [0.29, 0.717) is 41.7 Å². The maximum Gasteiger partial charge on any atom is 0.332 e. The monoisotopic (exact) mass is 393 g/mol. The first kappa shape index (κ1) is 18.8. The number of aryl methyl sites for hydroxylation is 2. The summed E-state index contributed by atoms with van der Waals surface area (Å²) in [5, 5.41) is 0.236. The molecule has 0 spiro atoms. The van der Waals surface area contributed by atoms with Gasteiger partial charge in [-0.3, -0.25) is 23.5 Å². The Morgan fingerprint density at radius 2 is 1.86 bits per heavy atom. The van der Waals surface area contributed by atoms with Gasteiger partial charge in [-0.05, 0) is 42.7 Å². The van der Waals surface area contributed by atoms with Gasteiger partial charge in [-0.1, -0.05) is 0 Å². The van der Waals surface area contributed by atoms with Crippen LogP contribution in [0.2, 0.25) is 0 Å². The topological polar surface area (TPSA) is 100 Å². The van der Waals surface area contributed by atoms with Crippen molar-refractivity contribution in [1.82, 2.24) is 14.1 Å². The number of benzene rings is 1. The van der Waals surface area contributed by atoms with E-state index >= 15 is 0 Å². The van der Waals surface area contributed by atoms with Crippen molar-refractivity contribution in [2.24, 2.45) is 7.05 Å². The number of carbonyl (C=O) groups excluding carboxylic acids is 2. The Balaban J connectivity index is 1.86. The fourth-order valence-corrected chi connectivity index (χ4v) is 3.72. The fraction of sp³-hybridized carbons (Fsp3) is 0.286. The molecule has 2 heterocycles. The molecule has 1 aromatic carbocycles. The van der Waals surface area contributed by atoms with Crippen LogP contribution in [0.4, 0.5) is 0 Å². The van der Waals surface area contributed by atoms with Gasteiger partial charge in [0, 0.05) is 30.8 Å². The minimum Gasteiger partial charge on any atom is -0.497 e. The molecule has 2 aromatic heterocycles. The summed E-state index contributed by atoms with van der Waals surface area (Å²) in [6.07, 6.45) is 3.04. The molecule has 8 nitrogen and oxygen atoms in total. The number of ketones is 2. The van der Waals surface area contributed by atoms with Crippen LogP contribution < -0.4 is 16.0 Å². The summed E-state index contributed by atoms with van der Waals surface area (Å²) >= 11 is 0. The van der Waals surface area contributed by atoms with Crippen molar-refractivity contribution < 1.29 is 14.3 Å². The van der Waals surface area contributed by atoms with E-state index in [0.717, 1.165) is 4.57 Å². The van der Waals surface area contributed by atoms with Gasteiger partial charge in [0.1, 0.15) is 11.4 Å². The summed E-state index contributed by atoms with van der Waals surface area (Å²) in [4.78, 5) is 55.0. The van der Waals surface area contributed by atoms with Gasteiger partial charge < -0.3 is 4.74 Å². The maximum atomic E-state index is 13.2. The van der Waals surface area contributed by atoms with Crippen LogP contribution >= 0.6 is 0 Å². The molecule has 0 amide bonds. The molecule has 0 atom stereocenters. The van der Waals surface area contributed by atoms with E-state index in [4.69, 9.17) is 4.74 Å². The van der Waals surface area contributed by atoms with Gasteiger partial charge in [0.05, 0.1) is 19.0 Å². The summed E-state index contributed by atoms with van der Waals surface area (Å²) < 4.78 is 7.24. The Kier molecular flexibility index (Phi) is 4.62. The van der Waals surface area contributed by atoms with Gasteiger partial charge in [0.25, 0.3) is 5.56 Å². The average molecular weight is 393 g/mol. The van der Waals surface area contributed by atoms with Crippen LogP contribution in [0.3, 0.4) is 0 Å². The highest BCUT2D eigenvalue weighted by Crippen LogP contribution is 2.25. The van der Waals surface area contributed by atoms with Crippen LogP contribution in [0, 0.1) is 0 Å². The molecule has 1 aliphatic rings. The number of methoxy groups -OCH3 is 1. The van der Waals surface area contributed by atoms with Gasteiger partial charge in [-0.25, -0.2) is 9.78 Å². The third-order valence-corrected chi connectivity index (χ3v) is 5.31. The molecule has 0 bridgehead atoms. The van der Waals surface area contributed by atoms with Crippen molar-refractivity contribution in [3.05, 3.63) is 68.0 Å². The lowest BCUT2D eigenvalue weighted by atomic mass is 9.90. The van der Waals surface area contributed by atoms with E-state index in [-0.39, 0.29) is 22.6 Å². The first-order chi connectivity index (χ1) is 13.9. The summed E-state index contributed by atoms with van der Waals surface area (Å²) in [6.45, 7) is -0.397. The first-order valence-corrected chi connectivity index (χ1v) is 9.24. The van der Waals surface area contributed by atoms with Gasteiger partial charge >= 0.3 is 5.69 Å². The Bertz CT molecular complexity index is 1270. The third-order valence-electron chi connectivity index (χ3n) is 5.31. The van der Waals surface area contributed by atoms with Crippen LogP contribution in [-0.4, -0.2) is 32.8 Å². The largest absolute Gasteiger partial charge is 0.497 e. The molecule has 0 unspecified atom stereocenters. The molecular weight excluding hydrogens is 374 g/mol. The van der Waals surface area contributed by atoms with Crippen molar-refractivity contribution in [2.45, 2.75) is 25.8 Å². The first-order valence-electron chi connectivity index (χ1n) is 9.24. The number of ether oxygens (including phenoxy) is 1. The Morgan fingerprint density at radius 3 is 2.55 bits per heavy atom. The maximum absolute atomic E-state index is 13.2. The molecule has 3 aromatic rings. The molecule has 0 saturated carbocycles. The predicted octanol–water partition coefficient (Wildman–Crippen LogP) is 1.51. The Hall–Kier alpha value is -3.55. The summed E-state index contributed by atoms with van der Waals surface area (Å²) in [5.74, 6) is 0.164. The number of fused-ring (bicyclic) bond motifs is 3. The minimum absolute atomic E-state index is 0.0604. The number of aromatic nitrogens is 3. The summed E-state index contributed by atoms with van der Waals surface area (Å²) in [5.41, 5.74) is 0.401. The standard InChI is InChI=1S/C21H19N3O5/c1-23-19-18(14-4-3-5-16(25)15(14)10-22-19)20(27)24(21(23)28)11-17(26)12-6-8-13(29-2)9-7-12/h6-10H,3-5,11H2,1-2H3. The van der Waals surface area contributed by atoms with Gasteiger partial charge in [-0.15, -0.1) is 0 Å². The number of hydrogen-bond acceptors (Lipinski definition) is 6. The second kappa shape index (κ2) is 7.12. The van der Waals surface area contributed by atoms with Crippen molar-refractivity contribution in [3.8, 4) is 5.75 Å². The number of hydrogen-bond donors (Lipinski definition) is 0. The van der Waals surface area contributed by atoms with Crippen molar-refractivity contribution in [2.75, 3.05) is 7.11 Å². The quantitative estimate of drug-likeness (QED) is 0.623. The van der Waals surface area contributed by atoms with Crippen LogP contribution in [0.1, 0.15) is 39.1 Å². The number of nitrogens with zero attached hydrogens (tertiary/aromatic N) is 3. The predicted molar refractivity (Wildman–Crippen MR) is 106 cm³/mol. The van der Waals surface area contributed by atoms with Crippen LogP contribution in [0.5, 0.6) is 5.75 Å². The molecule has 0 fully saturated rings. The van der Waals surface area contributed by atoms with E-state index in [2.05, 4.69) is 4.98 Å². The fourth-order valence-electron chi connectivity index (χ4n) is 3.72. The number of carbonyl (C=O) groups is 2. The second-order valence-electron chi connectivity index (χ2n) is 7.01. The molecule has 4 rings (SSSR count). The molecular formula is C21H19N3O5. The SMILES string of the molecule is COc1ccc(C(=O)Cn2c(=O)c3c4c(cnc3n(C)c2=O)C(=O)CCC4)cc1. The smallest absolute Gasteiger partial charge is 0.332 e. The van der Waals surface area contributed by atoms with Crippen molar-refractivity contribution in [3.63, 3.8) is 0 Å². The zero-order chi connectivity index (χ0) is 20.7. The van der Waals surface area contributed by atoms with Crippen molar-refractivity contribution in [1.29, 1.82) is 0 Å². The van der Waals surface area contributed by atoms with E-state index in [9.17, 15) is 19.2 Å². The highest BCUT2D eigenvalue weighted by Gasteiger charge is 2.24. The van der Waals surface area contributed by atoms with E-state index < -0.39 is 17.8 Å². The highest BCUT2D eigenvalue weighted by atomic mass is 16.5. The van der Waals surface area contributed by atoms with Gasteiger partial charge in [-0.2, -0.15) is 0 Å². The van der Waals surface area contributed by atoms with E-state index in [1.165, 1.54) is 24.9 Å². The second-order valence-corrected chi connectivity index (χ2v) is 7.01.